The molecule has 9 heteroatoms. The highest BCUT2D eigenvalue weighted by Gasteiger charge is 2.31. The van der Waals surface area contributed by atoms with Gasteiger partial charge in [-0.15, -0.1) is 0 Å². The third kappa shape index (κ3) is 7.28. The molecule has 0 fully saturated rings. The Kier molecular flexibility index (Phi) is 9.88. The molecule has 33 heavy (non-hydrogen) atoms. The first kappa shape index (κ1) is 26.8. The van der Waals surface area contributed by atoms with E-state index in [9.17, 15) is 18.0 Å². The quantitative estimate of drug-likeness (QED) is 0.518. The number of rotatable bonds is 11. The van der Waals surface area contributed by atoms with Crippen molar-refractivity contribution < 1.29 is 18.0 Å². The van der Waals surface area contributed by atoms with E-state index >= 15 is 0 Å². The molecule has 0 radical (unpaired) electrons. The third-order valence-electron chi connectivity index (χ3n) is 5.25. The van der Waals surface area contributed by atoms with Crippen molar-refractivity contribution in [3.63, 3.8) is 0 Å². The predicted molar refractivity (Wildman–Crippen MR) is 130 cm³/mol. The van der Waals surface area contributed by atoms with Crippen LogP contribution in [0.4, 0.5) is 0 Å². The molecule has 0 aliphatic heterocycles. The number of carbonyl (C=O) groups excluding carboxylic acids is 2. The monoisotopic (exact) mass is 493 g/mol. The topological polar surface area (TPSA) is 86.8 Å². The molecule has 1 N–H and O–H groups in total. The van der Waals surface area contributed by atoms with Crippen molar-refractivity contribution >= 4 is 33.4 Å². The molecule has 2 rings (SSSR count). The number of benzene rings is 2. The Morgan fingerprint density at radius 1 is 1.09 bits per heavy atom. The van der Waals surface area contributed by atoms with Gasteiger partial charge < -0.3 is 10.2 Å². The highest BCUT2D eigenvalue weighted by molar-refractivity contribution is 7.89. The van der Waals surface area contributed by atoms with Crippen LogP contribution in [0.15, 0.2) is 53.4 Å². The standard InChI is InChI=1S/C24H32ClN3O4S/c1-5-14-26-24(30)22(6-2)28(16-19-9-7-8-18(3)15-19)23(29)17-27(4)33(31,32)21-12-10-20(25)11-13-21/h7-13,15,22H,5-6,14,16-17H2,1-4H3,(H,26,30)/t22-/m1/s1. The summed E-state index contributed by atoms with van der Waals surface area (Å²) >= 11 is 5.86. The molecule has 0 heterocycles. The van der Waals surface area contributed by atoms with Crippen molar-refractivity contribution in [1.29, 1.82) is 0 Å². The Morgan fingerprint density at radius 2 is 1.76 bits per heavy atom. The Labute approximate surface area is 201 Å². The summed E-state index contributed by atoms with van der Waals surface area (Å²) < 4.78 is 26.9. The largest absolute Gasteiger partial charge is 0.354 e. The van der Waals surface area contributed by atoms with E-state index in [2.05, 4.69) is 5.32 Å². The molecule has 180 valence electrons. The minimum Gasteiger partial charge on any atom is -0.354 e. The molecule has 0 saturated heterocycles. The number of hydrogen-bond donors (Lipinski definition) is 1. The van der Waals surface area contributed by atoms with Crippen LogP contribution in [0.3, 0.4) is 0 Å². The Balaban J connectivity index is 2.31. The van der Waals surface area contributed by atoms with Crippen LogP contribution in [0.1, 0.15) is 37.8 Å². The molecule has 1 atom stereocenters. The van der Waals surface area contributed by atoms with E-state index in [1.54, 1.807) is 0 Å². The van der Waals surface area contributed by atoms with E-state index in [1.165, 1.54) is 36.2 Å². The molecule has 0 aliphatic carbocycles. The second-order valence-electron chi connectivity index (χ2n) is 7.94. The summed E-state index contributed by atoms with van der Waals surface area (Å²) in [5.41, 5.74) is 1.90. The lowest BCUT2D eigenvalue weighted by molar-refractivity contribution is -0.141. The molecule has 7 nitrogen and oxygen atoms in total. The molecule has 0 bridgehead atoms. The maximum atomic E-state index is 13.4. The van der Waals surface area contributed by atoms with Crippen molar-refractivity contribution in [3.05, 3.63) is 64.7 Å². The van der Waals surface area contributed by atoms with Gasteiger partial charge in [0.25, 0.3) is 0 Å². The summed E-state index contributed by atoms with van der Waals surface area (Å²) in [5.74, 6) is -0.696. The van der Waals surface area contributed by atoms with Gasteiger partial charge >= 0.3 is 0 Å². The van der Waals surface area contributed by atoms with Gasteiger partial charge in [0, 0.05) is 25.2 Å². The number of halogens is 1. The van der Waals surface area contributed by atoms with Gasteiger partial charge in [-0.05, 0) is 49.6 Å². The lowest BCUT2D eigenvalue weighted by Gasteiger charge is -2.32. The molecular weight excluding hydrogens is 462 g/mol. The van der Waals surface area contributed by atoms with Gasteiger partial charge in [0.1, 0.15) is 6.04 Å². The minimum atomic E-state index is -3.90. The zero-order valence-corrected chi connectivity index (χ0v) is 21.1. The molecule has 0 spiro atoms. The first-order valence-corrected chi connectivity index (χ1v) is 12.8. The van der Waals surface area contributed by atoms with E-state index in [0.717, 1.165) is 21.9 Å². The van der Waals surface area contributed by atoms with E-state index in [0.29, 0.717) is 18.0 Å². The molecule has 2 aromatic carbocycles. The fourth-order valence-electron chi connectivity index (χ4n) is 3.45. The molecule has 2 aromatic rings. The van der Waals surface area contributed by atoms with Crippen LogP contribution < -0.4 is 5.32 Å². The van der Waals surface area contributed by atoms with Crippen molar-refractivity contribution in [2.45, 2.75) is 51.1 Å². The number of amides is 2. The van der Waals surface area contributed by atoms with Crippen molar-refractivity contribution in [2.75, 3.05) is 20.1 Å². The Morgan fingerprint density at radius 3 is 2.33 bits per heavy atom. The van der Waals surface area contributed by atoms with Gasteiger partial charge in [-0.25, -0.2) is 8.42 Å². The second-order valence-corrected chi connectivity index (χ2v) is 10.4. The van der Waals surface area contributed by atoms with E-state index in [4.69, 9.17) is 11.6 Å². The molecular formula is C24H32ClN3O4S. The Bertz CT molecular complexity index is 1060. The predicted octanol–water partition coefficient (Wildman–Crippen LogP) is 3.60. The fourth-order valence-corrected chi connectivity index (χ4v) is 4.69. The number of nitrogens with one attached hydrogen (secondary N) is 1. The van der Waals surface area contributed by atoms with Gasteiger partial charge in [0.2, 0.25) is 21.8 Å². The summed E-state index contributed by atoms with van der Waals surface area (Å²) in [7, 11) is -2.55. The van der Waals surface area contributed by atoms with E-state index in [-0.39, 0.29) is 17.3 Å². The first-order chi connectivity index (χ1) is 15.6. The average Bonchev–Trinajstić information content (AvgIpc) is 2.77. The normalized spacial score (nSPS) is 12.4. The summed E-state index contributed by atoms with van der Waals surface area (Å²) in [6.45, 7) is 6.05. The highest BCUT2D eigenvalue weighted by atomic mass is 35.5. The van der Waals surface area contributed by atoms with E-state index in [1.807, 2.05) is 45.0 Å². The van der Waals surface area contributed by atoms with Gasteiger partial charge in [-0.3, -0.25) is 9.59 Å². The number of likely N-dealkylation sites (N-methyl/N-ethyl adjacent to an activating group) is 1. The number of aryl methyl sites for hydroxylation is 1. The third-order valence-corrected chi connectivity index (χ3v) is 7.32. The number of hydrogen-bond acceptors (Lipinski definition) is 4. The average molecular weight is 494 g/mol. The van der Waals surface area contributed by atoms with Crippen molar-refractivity contribution in [3.8, 4) is 0 Å². The molecule has 0 saturated carbocycles. The van der Waals surface area contributed by atoms with Gasteiger partial charge in [0.05, 0.1) is 11.4 Å². The van der Waals surface area contributed by atoms with Crippen molar-refractivity contribution in [1.82, 2.24) is 14.5 Å². The van der Waals surface area contributed by atoms with Gasteiger partial charge in [-0.1, -0.05) is 55.3 Å². The second kappa shape index (κ2) is 12.2. The van der Waals surface area contributed by atoms with Gasteiger partial charge in [-0.2, -0.15) is 4.31 Å². The van der Waals surface area contributed by atoms with Gasteiger partial charge in [0.15, 0.2) is 0 Å². The minimum absolute atomic E-state index is 0.0418. The number of nitrogens with zero attached hydrogens (tertiary/aromatic N) is 2. The zero-order valence-electron chi connectivity index (χ0n) is 19.5. The van der Waals surface area contributed by atoms with Crippen LogP contribution in [0.25, 0.3) is 0 Å². The molecule has 0 aromatic heterocycles. The lowest BCUT2D eigenvalue weighted by Crippen LogP contribution is -2.51. The van der Waals surface area contributed by atoms with Crippen molar-refractivity contribution in [2.24, 2.45) is 0 Å². The molecule has 2 amide bonds. The fraction of sp³-hybridized carbons (Fsp3) is 0.417. The smallest absolute Gasteiger partial charge is 0.243 e. The molecule has 0 unspecified atom stereocenters. The molecule has 0 aliphatic rings. The number of carbonyl (C=O) groups is 2. The Hall–Kier alpha value is -2.42. The van der Waals surface area contributed by atoms with Crippen LogP contribution in [-0.2, 0) is 26.2 Å². The number of sulfonamides is 1. The zero-order chi connectivity index (χ0) is 24.6. The maximum absolute atomic E-state index is 13.4. The highest BCUT2D eigenvalue weighted by Crippen LogP contribution is 2.19. The van der Waals surface area contributed by atoms with Crippen LogP contribution >= 0.6 is 11.6 Å². The SMILES string of the molecule is CCCNC(=O)[C@@H](CC)N(Cc1cccc(C)c1)C(=O)CN(C)S(=O)(=O)c1ccc(Cl)cc1. The summed E-state index contributed by atoms with van der Waals surface area (Å²) in [4.78, 5) is 27.7. The maximum Gasteiger partial charge on any atom is 0.243 e. The first-order valence-electron chi connectivity index (χ1n) is 10.9. The van der Waals surface area contributed by atoms with Crippen LogP contribution in [-0.4, -0.2) is 55.6 Å². The summed E-state index contributed by atoms with van der Waals surface area (Å²) in [5, 5.41) is 3.27. The van der Waals surface area contributed by atoms with Crippen LogP contribution in [0.5, 0.6) is 0 Å². The van der Waals surface area contributed by atoms with E-state index < -0.39 is 28.5 Å². The lowest BCUT2D eigenvalue weighted by atomic mass is 10.1. The summed E-state index contributed by atoms with van der Waals surface area (Å²) in [6, 6.07) is 12.7. The van der Waals surface area contributed by atoms with Crippen LogP contribution in [0.2, 0.25) is 5.02 Å². The summed E-state index contributed by atoms with van der Waals surface area (Å²) in [6.07, 6.45) is 1.18. The van der Waals surface area contributed by atoms with Crippen LogP contribution in [0, 0.1) is 6.92 Å².